The van der Waals surface area contributed by atoms with E-state index in [1.165, 1.54) is 0 Å². The van der Waals surface area contributed by atoms with Crippen LogP contribution in [0.1, 0.15) is 17.3 Å². The van der Waals surface area contributed by atoms with Crippen LogP contribution in [-0.2, 0) is 0 Å². The minimum Gasteiger partial charge on any atom is -0.365 e. The molecule has 0 saturated carbocycles. The monoisotopic (exact) mass is 364 g/mol. The number of benzene rings is 1. The summed E-state index contributed by atoms with van der Waals surface area (Å²) in [6, 6.07) is 9.73. The van der Waals surface area contributed by atoms with Gasteiger partial charge in [0.15, 0.2) is 0 Å². The maximum absolute atomic E-state index is 6.06. The maximum atomic E-state index is 6.06. The fraction of sp³-hybridized carbons (Fsp3) is 0.211. The average Bonchev–Trinajstić information content (AvgIpc) is 3.04. The van der Waals surface area contributed by atoms with Gasteiger partial charge in [-0.3, -0.25) is 9.98 Å². The van der Waals surface area contributed by atoms with Crippen molar-refractivity contribution in [1.82, 2.24) is 25.2 Å². The van der Waals surface area contributed by atoms with E-state index < -0.39 is 0 Å². The number of H-pyrrole nitrogens is 1. The lowest BCUT2D eigenvalue weighted by Gasteiger charge is -2.42. The number of hydrogen-bond acceptors (Lipinski definition) is 5. The topological polar surface area (TPSA) is 69.2 Å². The first-order chi connectivity index (χ1) is 12.8. The Hall–Kier alpha value is -2.86. The number of imidazole rings is 1. The van der Waals surface area contributed by atoms with Gasteiger partial charge in [-0.25, -0.2) is 4.98 Å². The Morgan fingerprint density at radius 3 is 2.81 bits per heavy atom. The van der Waals surface area contributed by atoms with Crippen LogP contribution in [-0.4, -0.2) is 45.7 Å². The Bertz CT molecular complexity index is 1020. The van der Waals surface area contributed by atoms with Gasteiger partial charge in [0.25, 0.3) is 0 Å². The number of aliphatic imine (C=N–C) groups is 1. The summed E-state index contributed by atoms with van der Waals surface area (Å²) in [5.41, 5.74) is 3.98. The van der Waals surface area contributed by atoms with Crippen LogP contribution < -0.4 is 5.32 Å². The van der Waals surface area contributed by atoms with E-state index in [4.69, 9.17) is 16.6 Å². The van der Waals surface area contributed by atoms with Gasteiger partial charge in [0.1, 0.15) is 17.3 Å². The molecule has 2 aliphatic rings. The first-order valence-electron chi connectivity index (χ1n) is 8.59. The molecule has 0 radical (unpaired) electrons. The van der Waals surface area contributed by atoms with Gasteiger partial charge in [-0.2, -0.15) is 0 Å². The predicted octanol–water partition coefficient (Wildman–Crippen LogP) is 3.01. The molecule has 0 aliphatic carbocycles. The summed E-state index contributed by atoms with van der Waals surface area (Å²) in [6.45, 7) is 2.55. The highest BCUT2D eigenvalue weighted by molar-refractivity contribution is 6.31. The summed E-state index contributed by atoms with van der Waals surface area (Å²) in [5.74, 6) is 2.47. The van der Waals surface area contributed by atoms with Gasteiger partial charge in [0, 0.05) is 42.3 Å². The molecular weight excluding hydrogens is 348 g/mol. The van der Waals surface area contributed by atoms with Crippen LogP contribution in [0.15, 0.2) is 53.5 Å². The van der Waals surface area contributed by atoms with Gasteiger partial charge in [0.05, 0.1) is 23.5 Å². The normalized spacial score (nSPS) is 17.5. The van der Waals surface area contributed by atoms with Crippen molar-refractivity contribution in [2.75, 3.05) is 19.6 Å². The van der Waals surface area contributed by atoms with Crippen molar-refractivity contribution >= 4 is 34.5 Å². The second-order valence-electron chi connectivity index (χ2n) is 6.51. The van der Waals surface area contributed by atoms with Gasteiger partial charge in [-0.15, -0.1) is 0 Å². The minimum atomic E-state index is 0.375. The van der Waals surface area contributed by atoms with Crippen LogP contribution in [0.2, 0.25) is 5.02 Å². The fourth-order valence-electron chi connectivity index (χ4n) is 3.43. The molecule has 0 atom stereocenters. The van der Waals surface area contributed by atoms with E-state index in [1.54, 1.807) is 12.4 Å². The van der Waals surface area contributed by atoms with Crippen LogP contribution in [0.4, 0.5) is 0 Å². The molecule has 0 spiro atoms. The molecule has 1 aromatic carbocycles. The van der Waals surface area contributed by atoms with Crippen molar-refractivity contribution in [3.05, 3.63) is 65.0 Å². The molecule has 3 aromatic rings. The van der Waals surface area contributed by atoms with E-state index in [0.29, 0.717) is 10.9 Å². The van der Waals surface area contributed by atoms with Gasteiger partial charge < -0.3 is 15.2 Å². The number of likely N-dealkylation sites (tertiary alicyclic amines) is 1. The lowest BCUT2D eigenvalue weighted by Crippen LogP contribution is -2.49. The summed E-state index contributed by atoms with van der Waals surface area (Å²) >= 11 is 6.06. The molecule has 0 unspecified atom stereocenters. The molecule has 7 heteroatoms. The number of fused-ring (bicyclic) bond motifs is 1. The van der Waals surface area contributed by atoms with Crippen molar-refractivity contribution in [3.63, 3.8) is 0 Å². The predicted molar refractivity (Wildman–Crippen MR) is 103 cm³/mol. The van der Waals surface area contributed by atoms with Crippen molar-refractivity contribution in [2.24, 2.45) is 4.99 Å². The lowest BCUT2D eigenvalue weighted by molar-refractivity contribution is 0.182. The Morgan fingerprint density at radius 1 is 1.12 bits per heavy atom. The first-order valence-corrected chi connectivity index (χ1v) is 8.97. The maximum Gasteiger partial charge on any atom is 0.129 e. The molecule has 0 amide bonds. The van der Waals surface area contributed by atoms with E-state index in [2.05, 4.69) is 25.2 Å². The molecule has 26 heavy (non-hydrogen) atoms. The quantitative estimate of drug-likeness (QED) is 0.749. The summed E-state index contributed by atoms with van der Waals surface area (Å²) in [7, 11) is 0. The molecule has 2 aliphatic heterocycles. The first kappa shape index (κ1) is 15.4. The number of halogens is 1. The summed E-state index contributed by atoms with van der Waals surface area (Å²) in [5, 5.41) is 4.17. The third kappa shape index (κ3) is 2.63. The van der Waals surface area contributed by atoms with Crippen LogP contribution in [0.25, 0.3) is 16.7 Å². The molecule has 130 valence electrons. The van der Waals surface area contributed by atoms with Crippen LogP contribution in [0, 0.1) is 0 Å². The van der Waals surface area contributed by atoms with Crippen LogP contribution in [0.5, 0.6) is 0 Å². The number of aromatic nitrogens is 3. The van der Waals surface area contributed by atoms with Crippen LogP contribution >= 0.6 is 11.6 Å². The average molecular weight is 365 g/mol. The molecule has 2 N–H and O–H groups in total. The fourth-order valence-corrected chi connectivity index (χ4v) is 3.60. The van der Waals surface area contributed by atoms with E-state index in [0.717, 1.165) is 53.6 Å². The smallest absolute Gasteiger partial charge is 0.129 e. The zero-order valence-corrected chi connectivity index (χ0v) is 14.7. The van der Waals surface area contributed by atoms with Gasteiger partial charge in [-0.05, 0) is 30.3 Å². The molecule has 1 saturated heterocycles. The van der Waals surface area contributed by atoms with Gasteiger partial charge in [0.2, 0.25) is 0 Å². The van der Waals surface area contributed by atoms with Crippen LogP contribution in [0.3, 0.4) is 0 Å². The third-order valence-corrected chi connectivity index (χ3v) is 5.04. The molecule has 5 rings (SSSR count). The van der Waals surface area contributed by atoms with E-state index in [1.807, 2.05) is 36.5 Å². The largest absolute Gasteiger partial charge is 0.365 e. The molecule has 4 heterocycles. The number of aromatic amines is 1. The summed E-state index contributed by atoms with van der Waals surface area (Å²) in [6.07, 6.45) is 5.49. The summed E-state index contributed by atoms with van der Waals surface area (Å²) < 4.78 is 0. The summed E-state index contributed by atoms with van der Waals surface area (Å²) in [4.78, 5) is 19.2. The minimum absolute atomic E-state index is 0.375. The SMILES string of the molecule is Clc1ccc2[nH]c(C3CN(C4=C(c5ccncc5)N=CCN4)C3)nc2c1. The van der Waals surface area contributed by atoms with Crippen molar-refractivity contribution in [3.8, 4) is 0 Å². The molecule has 2 aromatic heterocycles. The number of pyridine rings is 1. The molecular formula is C19H17ClN6. The van der Waals surface area contributed by atoms with Gasteiger partial charge >= 0.3 is 0 Å². The Morgan fingerprint density at radius 2 is 1.96 bits per heavy atom. The Balaban J connectivity index is 1.39. The third-order valence-electron chi connectivity index (χ3n) is 4.81. The highest BCUT2D eigenvalue weighted by Crippen LogP contribution is 2.33. The molecule has 1 fully saturated rings. The molecule has 6 nitrogen and oxygen atoms in total. The van der Waals surface area contributed by atoms with Crippen molar-refractivity contribution < 1.29 is 0 Å². The zero-order valence-electron chi connectivity index (χ0n) is 14.0. The number of nitrogens with zero attached hydrogens (tertiary/aromatic N) is 4. The highest BCUT2D eigenvalue weighted by Gasteiger charge is 2.34. The van der Waals surface area contributed by atoms with E-state index in [-0.39, 0.29) is 0 Å². The Kier molecular flexibility index (Phi) is 3.64. The number of nitrogens with one attached hydrogen (secondary N) is 2. The lowest BCUT2D eigenvalue weighted by atomic mass is 9.98. The van der Waals surface area contributed by atoms with E-state index >= 15 is 0 Å². The second kappa shape index (κ2) is 6.14. The number of hydrogen-bond donors (Lipinski definition) is 2. The van der Waals surface area contributed by atoms with E-state index in [9.17, 15) is 0 Å². The van der Waals surface area contributed by atoms with Gasteiger partial charge in [-0.1, -0.05) is 11.6 Å². The Labute approximate surface area is 155 Å². The zero-order chi connectivity index (χ0) is 17.5. The van der Waals surface area contributed by atoms with Crippen molar-refractivity contribution in [2.45, 2.75) is 5.92 Å². The van der Waals surface area contributed by atoms with Crippen molar-refractivity contribution in [1.29, 1.82) is 0 Å². The molecule has 0 bridgehead atoms. The standard InChI is InChI=1S/C19H17ClN6/c20-14-1-2-15-16(9-14)25-18(24-15)13-10-26(11-13)19-17(22-7-8-23-19)12-3-5-21-6-4-12/h1-7,9,13,23H,8,10-11H2,(H,24,25). The second-order valence-corrected chi connectivity index (χ2v) is 6.95. The highest BCUT2D eigenvalue weighted by atomic mass is 35.5. The number of rotatable bonds is 3.